The van der Waals surface area contributed by atoms with E-state index in [1.807, 2.05) is 6.92 Å². The van der Waals surface area contributed by atoms with Gasteiger partial charge in [0.25, 0.3) is 5.89 Å². The smallest absolute Gasteiger partial charge is 0.417 e. The topological polar surface area (TPSA) is 85.7 Å². The number of hydrogen-bond donors (Lipinski definition) is 1. The molecule has 1 N–H and O–H groups in total. The monoisotopic (exact) mass is 480 g/mol. The van der Waals surface area contributed by atoms with Crippen LogP contribution in [-0.2, 0) is 12.6 Å². The number of aromatic nitrogens is 4. The summed E-state index contributed by atoms with van der Waals surface area (Å²) in [7, 11) is 0. The lowest BCUT2D eigenvalue weighted by molar-refractivity contribution is -0.137. The Morgan fingerprint density at radius 1 is 1.21 bits per heavy atom. The molecule has 0 bridgehead atoms. The minimum Gasteiger partial charge on any atom is -0.489 e. The van der Waals surface area contributed by atoms with E-state index >= 15 is 0 Å². The van der Waals surface area contributed by atoms with E-state index in [0.717, 1.165) is 17.8 Å². The highest BCUT2D eigenvalue weighted by Gasteiger charge is 2.32. The average molecular weight is 481 g/mol. The van der Waals surface area contributed by atoms with Crippen LogP contribution in [0, 0.1) is 6.92 Å². The third-order valence-corrected chi connectivity index (χ3v) is 5.28. The Balaban J connectivity index is 1.69. The summed E-state index contributed by atoms with van der Waals surface area (Å²) in [5.74, 6) is 0.718. The first kappa shape index (κ1) is 23.1. The number of hydrogen-bond acceptors (Lipinski definition) is 6. The molecule has 0 aliphatic heterocycles. The van der Waals surface area contributed by atoms with Crippen LogP contribution in [0.2, 0.25) is 5.02 Å². The maximum Gasteiger partial charge on any atom is 0.417 e. The van der Waals surface area contributed by atoms with Crippen molar-refractivity contribution >= 4 is 17.2 Å². The normalized spacial score (nSPS) is 13.0. The number of aliphatic hydroxyl groups is 1. The summed E-state index contributed by atoms with van der Waals surface area (Å²) in [4.78, 5) is 8.78. The fourth-order valence-electron chi connectivity index (χ4n) is 3.34. The molecule has 0 amide bonds. The average Bonchev–Trinajstić information content (AvgIpc) is 3.39. The van der Waals surface area contributed by atoms with Crippen LogP contribution in [0.25, 0.3) is 28.6 Å². The number of rotatable bonds is 6. The summed E-state index contributed by atoms with van der Waals surface area (Å²) in [6.45, 7) is 5.26. The van der Waals surface area contributed by atoms with E-state index in [-0.39, 0.29) is 24.0 Å². The quantitative estimate of drug-likeness (QED) is 0.400. The second-order valence-electron chi connectivity index (χ2n) is 7.64. The van der Waals surface area contributed by atoms with Crippen LogP contribution in [0.5, 0.6) is 5.75 Å². The summed E-state index contributed by atoms with van der Waals surface area (Å²) in [6.07, 6.45) is -2.32. The summed E-state index contributed by atoms with van der Waals surface area (Å²) in [5.41, 5.74) is 1.68. The van der Waals surface area contributed by atoms with Crippen LogP contribution in [-0.4, -0.2) is 37.3 Å². The van der Waals surface area contributed by atoms with Gasteiger partial charge >= 0.3 is 6.18 Å². The number of halogens is 4. The lowest BCUT2D eigenvalue weighted by atomic mass is 10.1. The van der Waals surface area contributed by atoms with Crippen molar-refractivity contribution in [1.29, 1.82) is 0 Å². The predicted octanol–water partition coefficient (Wildman–Crippen LogP) is 5.35. The van der Waals surface area contributed by atoms with E-state index in [0.29, 0.717) is 34.0 Å². The van der Waals surface area contributed by atoms with Gasteiger partial charge in [-0.25, -0.2) is 4.98 Å². The van der Waals surface area contributed by atoms with E-state index in [1.165, 1.54) is 10.6 Å². The number of nitrogens with zero attached hydrogens (tertiary/aromatic N) is 4. The minimum atomic E-state index is -4.47. The zero-order valence-corrected chi connectivity index (χ0v) is 18.7. The van der Waals surface area contributed by atoms with Crippen molar-refractivity contribution in [3.8, 4) is 28.7 Å². The van der Waals surface area contributed by atoms with Gasteiger partial charge in [-0.3, -0.25) is 0 Å². The molecule has 0 saturated carbocycles. The second kappa shape index (κ2) is 8.68. The number of alkyl halides is 3. The Morgan fingerprint density at radius 3 is 2.64 bits per heavy atom. The summed E-state index contributed by atoms with van der Waals surface area (Å²) < 4.78 is 51.9. The Hall–Kier alpha value is -3.11. The molecule has 11 heteroatoms. The van der Waals surface area contributed by atoms with Crippen molar-refractivity contribution < 1.29 is 27.5 Å². The molecule has 0 radical (unpaired) electrons. The van der Waals surface area contributed by atoms with Gasteiger partial charge in [-0.1, -0.05) is 23.7 Å². The number of aryl methyl sites for hydroxylation is 2. The first-order valence-electron chi connectivity index (χ1n) is 10.1. The summed E-state index contributed by atoms with van der Waals surface area (Å²) in [6, 6.07) is 4.40. The fourth-order valence-corrected chi connectivity index (χ4v) is 3.55. The molecule has 3 heterocycles. The number of ether oxygens (including phenoxy) is 1. The molecule has 7 nitrogen and oxygen atoms in total. The third kappa shape index (κ3) is 4.67. The Bertz CT molecular complexity index is 1310. The lowest BCUT2D eigenvalue weighted by Gasteiger charge is -2.11. The predicted molar refractivity (Wildman–Crippen MR) is 115 cm³/mol. The first-order chi connectivity index (χ1) is 15.6. The molecule has 0 aliphatic rings. The molecule has 0 saturated heterocycles. The molecule has 3 aromatic heterocycles. The van der Waals surface area contributed by atoms with Crippen LogP contribution in [0.1, 0.15) is 30.5 Å². The largest absolute Gasteiger partial charge is 0.489 e. The van der Waals surface area contributed by atoms with E-state index in [9.17, 15) is 18.3 Å². The van der Waals surface area contributed by atoms with Crippen LogP contribution in [0.15, 0.2) is 35.1 Å². The van der Waals surface area contributed by atoms with Gasteiger partial charge < -0.3 is 18.8 Å². The summed E-state index contributed by atoms with van der Waals surface area (Å²) >= 11 is 6.29. The zero-order chi connectivity index (χ0) is 23.9. The molecule has 0 fully saturated rings. The number of fused-ring (bicyclic) bond motifs is 1. The van der Waals surface area contributed by atoms with E-state index < -0.39 is 17.8 Å². The highest BCUT2D eigenvalue weighted by Crippen LogP contribution is 2.35. The maximum absolute atomic E-state index is 13.2. The molecule has 4 aromatic rings. The standard InChI is InChI=1S/C22H20ClF3N4O3/c1-4-13-6-14(22(24,25)26)8-30-9-17(27-20(13)30)19-28-21(33-29-19)15-7-16(23)18(5-11(15)2)32-10-12(3)31/h5-9,12,31H,4,10H2,1-3H3. The Labute approximate surface area is 191 Å². The van der Waals surface area contributed by atoms with Crippen molar-refractivity contribution in [1.82, 2.24) is 19.5 Å². The van der Waals surface area contributed by atoms with Crippen molar-refractivity contribution in [3.05, 3.63) is 52.3 Å². The number of pyridine rings is 1. The molecule has 1 atom stereocenters. The highest BCUT2D eigenvalue weighted by molar-refractivity contribution is 6.32. The van der Waals surface area contributed by atoms with Gasteiger partial charge in [0.05, 0.1) is 16.7 Å². The zero-order valence-electron chi connectivity index (χ0n) is 17.9. The van der Waals surface area contributed by atoms with Gasteiger partial charge in [0.15, 0.2) is 0 Å². The third-order valence-electron chi connectivity index (χ3n) is 4.98. The van der Waals surface area contributed by atoms with Gasteiger partial charge in [0, 0.05) is 18.0 Å². The molecule has 0 spiro atoms. The fraction of sp³-hybridized carbons (Fsp3) is 0.318. The van der Waals surface area contributed by atoms with Crippen molar-refractivity contribution in [3.63, 3.8) is 0 Å². The summed E-state index contributed by atoms with van der Waals surface area (Å²) in [5, 5.41) is 13.6. The van der Waals surface area contributed by atoms with Gasteiger partial charge in [-0.2, -0.15) is 18.2 Å². The van der Waals surface area contributed by atoms with E-state index in [1.54, 1.807) is 26.0 Å². The molecule has 4 rings (SSSR count). The van der Waals surface area contributed by atoms with Crippen molar-refractivity contribution in [2.24, 2.45) is 0 Å². The maximum atomic E-state index is 13.2. The Kier molecular flexibility index (Phi) is 6.06. The van der Waals surface area contributed by atoms with Gasteiger partial charge in [0.1, 0.15) is 23.7 Å². The van der Waals surface area contributed by atoms with Crippen LogP contribution >= 0.6 is 11.6 Å². The van der Waals surface area contributed by atoms with Crippen LogP contribution in [0.3, 0.4) is 0 Å². The highest BCUT2D eigenvalue weighted by atomic mass is 35.5. The van der Waals surface area contributed by atoms with Crippen LogP contribution < -0.4 is 4.74 Å². The van der Waals surface area contributed by atoms with Crippen molar-refractivity contribution in [2.75, 3.05) is 6.61 Å². The van der Waals surface area contributed by atoms with Gasteiger partial charge in [-0.05, 0) is 49.6 Å². The molecule has 0 aliphatic carbocycles. The van der Waals surface area contributed by atoms with Crippen molar-refractivity contribution in [2.45, 2.75) is 39.5 Å². The molecular formula is C22H20ClF3N4O3. The molecule has 1 unspecified atom stereocenters. The lowest BCUT2D eigenvalue weighted by Crippen LogP contribution is -2.13. The molecule has 33 heavy (non-hydrogen) atoms. The molecular weight excluding hydrogens is 461 g/mol. The minimum absolute atomic E-state index is 0.0902. The van der Waals surface area contributed by atoms with Gasteiger partial charge in [-0.15, -0.1) is 0 Å². The number of imidazole rings is 1. The van der Waals surface area contributed by atoms with Gasteiger partial charge in [0.2, 0.25) is 5.82 Å². The SMILES string of the molecule is CCc1cc(C(F)(F)F)cn2cc(-c3noc(-c4cc(Cl)c(OCC(C)O)cc4C)n3)nc12. The molecule has 1 aromatic carbocycles. The number of benzene rings is 1. The first-order valence-corrected chi connectivity index (χ1v) is 10.5. The van der Waals surface area contributed by atoms with E-state index in [2.05, 4.69) is 15.1 Å². The molecule has 174 valence electrons. The van der Waals surface area contributed by atoms with E-state index in [4.69, 9.17) is 20.9 Å². The number of aliphatic hydroxyl groups excluding tert-OH is 1. The van der Waals surface area contributed by atoms with Crippen LogP contribution in [0.4, 0.5) is 13.2 Å². The second-order valence-corrected chi connectivity index (χ2v) is 8.05. The Morgan fingerprint density at radius 2 is 1.97 bits per heavy atom.